The van der Waals surface area contributed by atoms with Crippen LogP contribution in [0.15, 0.2) is 16.8 Å². The van der Waals surface area contributed by atoms with Crippen LogP contribution in [0.1, 0.15) is 32.0 Å². The Morgan fingerprint density at radius 3 is 2.74 bits per heavy atom. The van der Waals surface area contributed by atoms with Gasteiger partial charge in [-0.2, -0.15) is 0 Å². The van der Waals surface area contributed by atoms with Gasteiger partial charge in [0.25, 0.3) is 0 Å². The number of hydrogen-bond acceptors (Lipinski definition) is 8. The minimum absolute atomic E-state index is 0.0331. The number of halogens is 1. The fraction of sp³-hybridized carbons (Fsp3) is 0.682. The van der Waals surface area contributed by atoms with Gasteiger partial charge in [0.15, 0.2) is 0 Å². The second-order valence-corrected chi connectivity index (χ2v) is 10.9. The summed E-state index contributed by atoms with van der Waals surface area (Å²) in [6.45, 7) is 6.59. The number of fused-ring (bicyclic) bond motifs is 1. The molecule has 13 heteroatoms. The summed E-state index contributed by atoms with van der Waals surface area (Å²) in [5.41, 5.74) is 0.236. The van der Waals surface area contributed by atoms with Crippen molar-refractivity contribution >= 4 is 29.5 Å². The van der Waals surface area contributed by atoms with Crippen molar-refractivity contribution in [2.75, 3.05) is 32.7 Å². The lowest BCUT2D eigenvalue weighted by Gasteiger charge is -2.47. The number of alkyl halides is 1. The summed E-state index contributed by atoms with van der Waals surface area (Å²) in [5.74, 6) is -1.95. The van der Waals surface area contributed by atoms with Gasteiger partial charge in [-0.1, -0.05) is 12.1 Å². The van der Waals surface area contributed by atoms with Crippen LogP contribution in [0.3, 0.4) is 0 Å². The lowest BCUT2D eigenvalue weighted by molar-refractivity contribution is -0.159. The number of nitrogens with zero attached hydrogens (tertiary/aromatic N) is 5. The molecule has 0 spiro atoms. The molecule has 0 radical (unpaired) electrons. The summed E-state index contributed by atoms with van der Waals surface area (Å²) < 4.78 is 14.4. The van der Waals surface area contributed by atoms with Crippen LogP contribution in [-0.2, 0) is 21.1 Å². The molecule has 5 rings (SSSR count). The Hall–Kier alpha value is -2.51. The second kappa shape index (κ2) is 9.51. The number of rotatable bonds is 7. The zero-order chi connectivity index (χ0) is 24.9. The van der Waals surface area contributed by atoms with Crippen molar-refractivity contribution < 1.29 is 23.9 Å². The molecule has 4 unspecified atom stereocenters. The van der Waals surface area contributed by atoms with Crippen LogP contribution in [0.4, 0.5) is 4.39 Å². The number of thioether (sulfide) groups is 1. The van der Waals surface area contributed by atoms with Crippen molar-refractivity contribution in [2.24, 2.45) is 11.8 Å². The number of aromatic nitrogens is 3. The molecule has 6 atom stereocenters. The van der Waals surface area contributed by atoms with Gasteiger partial charge in [-0.25, -0.2) is 13.9 Å². The molecule has 3 fully saturated rings. The van der Waals surface area contributed by atoms with Crippen LogP contribution in [0.25, 0.3) is 0 Å². The number of aliphatic carboxylic acids is 1. The molecule has 190 valence electrons. The molecule has 0 bridgehead atoms. The van der Waals surface area contributed by atoms with E-state index in [1.165, 1.54) is 27.5 Å². The molecule has 11 nitrogen and oxygen atoms in total. The Labute approximate surface area is 206 Å². The van der Waals surface area contributed by atoms with Crippen molar-refractivity contribution in [1.29, 1.82) is 0 Å². The van der Waals surface area contributed by atoms with E-state index in [1.54, 1.807) is 0 Å². The highest BCUT2D eigenvalue weighted by atomic mass is 32.2. The smallest absolute Gasteiger partial charge is 0.353 e. The third-order valence-electron chi connectivity index (χ3n) is 7.53. The third-order valence-corrected chi connectivity index (χ3v) is 9.05. The number of hydrogen-bond donors (Lipinski definition) is 3. The normalized spacial score (nSPS) is 31.5. The lowest BCUT2D eigenvalue weighted by atomic mass is 9.78. The van der Waals surface area contributed by atoms with E-state index >= 15 is 0 Å². The minimum Gasteiger partial charge on any atom is -0.477 e. The number of nitrogens with one attached hydrogen (secondary N) is 2. The van der Waals surface area contributed by atoms with Crippen molar-refractivity contribution in [3.8, 4) is 0 Å². The number of piperazine rings is 1. The summed E-state index contributed by atoms with van der Waals surface area (Å²) in [7, 11) is 0. The third kappa shape index (κ3) is 4.12. The van der Waals surface area contributed by atoms with E-state index < -0.39 is 18.6 Å². The summed E-state index contributed by atoms with van der Waals surface area (Å²) in [4.78, 5) is 42.2. The molecule has 4 aliphatic heterocycles. The quantitative estimate of drug-likeness (QED) is 0.436. The first-order valence-corrected chi connectivity index (χ1v) is 12.9. The van der Waals surface area contributed by atoms with Gasteiger partial charge in [0.05, 0.1) is 30.2 Å². The second-order valence-electron chi connectivity index (χ2n) is 9.61. The van der Waals surface area contributed by atoms with Crippen LogP contribution in [0.5, 0.6) is 0 Å². The Morgan fingerprint density at radius 2 is 2.09 bits per heavy atom. The molecule has 3 saturated heterocycles. The van der Waals surface area contributed by atoms with Crippen LogP contribution < -0.4 is 10.6 Å². The number of β-lactam (4-membered cyclic amide) rings is 1. The van der Waals surface area contributed by atoms with Crippen LogP contribution in [0, 0.1) is 11.8 Å². The molecular formula is C22H30FN7O4S. The van der Waals surface area contributed by atoms with E-state index in [1.807, 2.05) is 18.7 Å². The SMILES string of the molecule is C[C@H](C1C(=O)N2C(C(=O)O)=C(SC3CNC(C(=O)N4CCNCC4)C3)[C@H](C)C12)n1cc(CF)nn1. The first-order valence-electron chi connectivity index (χ1n) is 12.0. The van der Waals surface area contributed by atoms with Gasteiger partial charge in [0.1, 0.15) is 18.1 Å². The molecule has 1 aromatic rings. The van der Waals surface area contributed by atoms with Gasteiger partial charge in [0, 0.05) is 48.8 Å². The Balaban J connectivity index is 1.29. The zero-order valence-electron chi connectivity index (χ0n) is 19.7. The van der Waals surface area contributed by atoms with Crippen LogP contribution >= 0.6 is 11.8 Å². The predicted octanol–water partition coefficient (Wildman–Crippen LogP) is -0.0230. The molecule has 0 saturated carbocycles. The van der Waals surface area contributed by atoms with Gasteiger partial charge < -0.3 is 25.5 Å². The molecule has 4 aliphatic rings. The highest BCUT2D eigenvalue weighted by Crippen LogP contribution is 2.53. The average Bonchev–Trinajstić information content (AvgIpc) is 3.58. The molecule has 3 N–H and O–H groups in total. The fourth-order valence-electron chi connectivity index (χ4n) is 5.68. The van der Waals surface area contributed by atoms with Gasteiger partial charge in [-0.3, -0.25) is 9.59 Å². The van der Waals surface area contributed by atoms with Crippen molar-refractivity contribution in [2.45, 2.75) is 50.3 Å². The molecule has 1 aromatic heterocycles. The molecular weight excluding hydrogens is 477 g/mol. The van der Waals surface area contributed by atoms with Crippen molar-refractivity contribution in [3.63, 3.8) is 0 Å². The van der Waals surface area contributed by atoms with Crippen molar-refractivity contribution in [1.82, 2.24) is 35.4 Å². The maximum absolute atomic E-state index is 13.1. The first-order chi connectivity index (χ1) is 16.8. The molecule has 0 aliphatic carbocycles. The Morgan fingerprint density at radius 1 is 1.34 bits per heavy atom. The van der Waals surface area contributed by atoms with E-state index in [0.717, 1.165) is 13.1 Å². The Bertz CT molecular complexity index is 1060. The highest BCUT2D eigenvalue weighted by molar-refractivity contribution is 8.03. The summed E-state index contributed by atoms with van der Waals surface area (Å²) in [6, 6.07) is -0.969. The van der Waals surface area contributed by atoms with Crippen molar-refractivity contribution in [3.05, 3.63) is 22.5 Å². The van der Waals surface area contributed by atoms with E-state index in [-0.39, 0.29) is 52.5 Å². The highest BCUT2D eigenvalue weighted by Gasteiger charge is 2.61. The lowest BCUT2D eigenvalue weighted by Crippen LogP contribution is -2.62. The summed E-state index contributed by atoms with van der Waals surface area (Å²) >= 11 is 1.47. The number of carbonyl (C=O) groups excluding carboxylic acids is 2. The summed E-state index contributed by atoms with van der Waals surface area (Å²) in [6.07, 6.45) is 2.10. The number of carbonyl (C=O) groups is 3. The molecule has 35 heavy (non-hydrogen) atoms. The van der Waals surface area contributed by atoms with Gasteiger partial charge in [0.2, 0.25) is 11.8 Å². The van der Waals surface area contributed by atoms with E-state index in [9.17, 15) is 23.9 Å². The standard InChI is InChI=1S/C22H30FN7O4S/c1-11-17-16(12(2)29-10-13(8-23)26-27-29)21(32)30(17)18(22(33)34)19(11)35-14-7-15(25-9-14)20(31)28-5-3-24-4-6-28/h10-12,14-17,24-25H,3-9H2,1-2H3,(H,33,34)/t11-,12-,14?,15?,16?,17?/m1/s1. The number of carboxylic acids is 1. The maximum Gasteiger partial charge on any atom is 0.353 e. The summed E-state index contributed by atoms with van der Waals surface area (Å²) in [5, 5.41) is 24.3. The number of amides is 2. The van der Waals surface area contributed by atoms with E-state index in [2.05, 4.69) is 20.9 Å². The predicted molar refractivity (Wildman–Crippen MR) is 125 cm³/mol. The van der Waals surface area contributed by atoms with Gasteiger partial charge in [-0.05, 0) is 13.3 Å². The molecule has 5 heterocycles. The van der Waals surface area contributed by atoms with E-state index in [4.69, 9.17) is 0 Å². The van der Waals surface area contributed by atoms with E-state index in [0.29, 0.717) is 31.0 Å². The minimum atomic E-state index is -1.12. The molecule has 2 amide bonds. The Kier molecular flexibility index (Phi) is 6.57. The monoisotopic (exact) mass is 507 g/mol. The molecule has 0 aromatic carbocycles. The van der Waals surface area contributed by atoms with Gasteiger partial charge >= 0.3 is 5.97 Å². The maximum atomic E-state index is 13.1. The van der Waals surface area contributed by atoms with Crippen LogP contribution in [0.2, 0.25) is 0 Å². The van der Waals surface area contributed by atoms with Crippen LogP contribution in [-0.4, -0.2) is 97.7 Å². The van der Waals surface area contributed by atoms with Gasteiger partial charge in [-0.15, -0.1) is 16.9 Å². The fourth-order valence-corrected chi connectivity index (χ4v) is 7.16. The largest absolute Gasteiger partial charge is 0.477 e. The first kappa shape index (κ1) is 24.2. The average molecular weight is 508 g/mol. The number of carboxylic acid groups (broad SMARTS) is 1. The zero-order valence-corrected chi connectivity index (χ0v) is 20.5. The topological polar surface area (TPSA) is 133 Å².